The topological polar surface area (TPSA) is 91.8 Å². The number of aliphatic carboxylic acids is 1. The van der Waals surface area contributed by atoms with E-state index in [2.05, 4.69) is 0 Å². The minimum absolute atomic E-state index is 0.168. The summed E-state index contributed by atoms with van der Waals surface area (Å²) in [5.74, 6) is -1.61. The second-order valence-electron chi connectivity index (χ2n) is 4.13. The van der Waals surface area contributed by atoms with E-state index in [1.54, 1.807) is 0 Å². The molecule has 2 rings (SSSR count). The molecule has 0 spiro atoms. The van der Waals surface area contributed by atoms with Crippen LogP contribution in [0.3, 0.4) is 0 Å². The fourth-order valence-corrected chi connectivity index (χ4v) is 2.74. The molecule has 0 aromatic heterocycles. The summed E-state index contributed by atoms with van der Waals surface area (Å²) >= 11 is 0. The molecule has 8 heteroatoms. The third-order valence-corrected chi connectivity index (χ3v) is 4.21. The van der Waals surface area contributed by atoms with Gasteiger partial charge in [0.15, 0.2) is 0 Å². The summed E-state index contributed by atoms with van der Waals surface area (Å²) < 4.78 is 22.5. The molecule has 1 aromatic rings. The minimum atomic E-state index is -3.92. The van der Waals surface area contributed by atoms with Crippen LogP contribution in [0, 0.1) is 0 Å². The smallest absolute Gasteiger partial charge is 0.323 e. The number of benzene rings is 1. The number of fused-ring (bicyclic) bond motifs is 1. The maximum absolute atomic E-state index is 12.1. The zero-order chi connectivity index (χ0) is 14.2. The van der Waals surface area contributed by atoms with Crippen molar-refractivity contribution in [1.29, 1.82) is 0 Å². The van der Waals surface area contributed by atoms with E-state index in [4.69, 9.17) is 15.8 Å². The van der Waals surface area contributed by atoms with E-state index in [1.165, 1.54) is 18.2 Å². The third-order valence-electron chi connectivity index (χ3n) is 2.86. The average Bonchev–Trinajstić information content (AvgIpc) is 2.31. The molecule has 0 bridgehead atoms. The molecule has 0 atom stereocenters. The van der Waals surface area contributed by atoms with Crippen LogP contribution in [0.5, 0.6) is 0 Å². The van der Waals surface area contributed by atoms with Gasteiger partial charge in [0.2, 0.25) is 0 Å². The van der Waals surface area contributed by atoms with Crippen LogP contribution in [0.1, 0.15) is 15.9 Å². The van der Waals surface area contributed by atoms with Gasteiger partial charge in [0, 0.05) is 22.8 Å². The Morgan fingerprint density at radius 1 is 1.42 bits per heavy atom. The van der Waals surface area contributed by atoms with Crippen molar-refractivity contribution >= 4 is 31.6 Å². The molecule has 1 aliphatic rings. The van der Waals surface area contributed by atoms with Crippen molar-refractivity contribution in [2.24, 2.45) is 0 Å². The van der Waals surface area contributed by atoms with Crippen LogP contribution in [0.15, 0.2) is 23.1 Å². The molecule has 1 aromatic carbocycles. The first kappa shape index (κ1) is 13.8. The van der Waals surface area contributed by atoms with Crippen LogP contribution in [0.25, 0.3) is 0 Å². The summed E-state index contributed by atoms with van der Waals surface area (Å²) in [5.41, 5.74) is 0.880. The van der Waals surface area contributed by atoms with Crippen molar-refractivity contribution in [3.05, 3.63) is 29.3 Å². The zero-order valence-corrected chi connectivity index (χ0v) is 11.2. The number of hydrogen-bond donors (Lipinski definition) is 1. The molecule has 1 heterocycles. The molecule has 0 saturated heterocycles. The lowest BCUT2D eigenvalue weighted by Crippen LogP contribution is -2.40. The monoisotopic (exact) mass is 303 g/mol. The van der Waals surface area contributed by atoms with Gasteiger partial charge in [-0.1, -0.05) is 6.07 Å². The standard InChI is InChI=1S/C11H10ClNO5S/c12-19(17,18)8-2-1-7-3-4-13(6-10(14)15)11(16)9(7)5-8/h1-2,5H,3-4,6H2,(H,14,15). The molecule has 0 saturated carbocycles. The Morgan fingerprint density at radius 3 is 2.68 bits per heavy atom. The lowest BCUT2D eigenvalue weighted by Gasteiger charge is -2.27. The van der Waals surface area contributed by atoms with E-state index in [1.807, 2.05) is 0 Å². The summed E-state index contributed by atoms with van der Waals surface area (Å²) in [4.78, 5) is 23.7. The van der Waals surface area contributed by atoms with Gasteiger partial charge in [0.05, 0.1) is 4.90 Å². The Kier molecular flexibility index (Phi) is 3.51. The van der Waals surface area contributed by atoms with E-state index in [0.29, 0.717) is 18.5 Å². The van der Waals surface area contributed by atoms with Crippen molar-refractivity contribution in [2.45, 2.75) is 11.3 Å². The molecule has 19 heavy (non-hydrogen) atoms. The van der Waals surface area contributed by atoms with Crippen LogP contribution in [0.4, 0.5) is 0 Å². The molecule has 1 amide bonds. The summed E-state index contributed by atoms with van der Waals surface area (Å²) in [6, 6.07) is 4.05. The van der Waals surface area contributed by atoms with Gasteiger partial charge in [-0.05, 0) is 24.1 Å². The van der Waals surface area contributed by atoms with Gasteiger partial charge in [-0.2, -0.15) is 0 Å². The quantitative estimate of drug-likeness (QED) is 0.830. The molecule has 1 N–H and O–H groups in total. The highest BCUT2D eigenvalue weighted by Gasteiger charge is 2.27. The first-order valence-corrected chi connectivity index (χ1v) is 7.68. The summed E-state index contributed by atoms with van der Waals surface area (Å²) in [6.45, 7) is -0.110. The molecular formula is C11H10ClNO5S. The molecule has 1 aliphatic heterocycles. The van der Waals surface area contributed by atoms with Crippen molar-refractivity contribution in [1.82, 2.24) is 4.90 Å². The van der Waals surface area contributed by atoms with Crippen molar-refractivity contribution in [3.8, 4) is 0 Å². The minimum Gasteiger partial charge on any atom is -0.480 e. The summed E-state index contributed by atoms with van der Waals surface area (Å²) in [6.07, 6.45) is 0.483. The largest absolute Gasteiger partial charge is 0.480 e. The molecule has 102 valence electrons. The zero-order valence-electron chi connectivity index (χ0n) is 9.67. The van der Waals surface area contributed by atoms with Gasteiger partial charge >= 0.3 is 5.97 Å². The summed E-state index contributed by atoms with van der Waals surface area (Å²) in [5, 5.41) is 8.70. The lowest BCUT2D eigenvalue weighted by atomic mass is 9.99. The number of carboxylic acid groups (broad SMARTS) is 1. The Bertz CT molecular complexity index is 655. The highest BCUT2D eigenvalue weighted by atomic mass is 35.7. The van der Waals surface area contributed by atoms with Crippen LogP contribution in [-0.2, 0) is 20.3 Å². The van der Waals surface area contributed by atoms with Gasteiger partial charge in [0.1, 0.15) is 6.54 Å². The van der Waals surface area contributed by atoms with E-state index >= 15 is 0 Å². The van der Waals surface area contributed by atoms with Crippen molar-refractivity contribution in [2.75, 3.05) is 13.1 Å². The van der Waals surface area contributed by atoms with E-state index in [0.717, 1.165) is 4.90 Å². The van der Waals surface area contributed by atoms with Gasteiger partial charge < -0.3 is 10.0 Å². The van der Waals surface area contributed by atoms with E-state index < -0.39 is 27.5 Å². The maximum atomic E-state index is 12.1. The number of carbonyl (C=O) groups is 2. The highest BCUT2D eigenvalue weighted by molar-refractivity contribution is 8.13. The number of amides is 1. The van der Waals surface area contributed by atoms with Gasteiger partial charge in [-0.3, -0.25) is 9.59 Å². The first-order chi connectivity index (χ1) is 8.79. The second kappa shape index (κ2) is 4.82. The van der Waals surface area contributed by atoms with Crippen LogP contribution in [-0.4, -0.2) is 43.4 Å². The Balaban J connectivity index is 2.41. The molecule has 0 unspecified atom stereocenters. The summed E-state index contributed by atoms with van der Waals surface area (Å²) in [7, 11) is 1.31. The van der Waals surface area contributed by atoms with Crippen LogP contribution >= 0.6 is 10.7 Å². The van der Waals surface area contributed by atoms with E-state index in [-0.39, 0.29) is 10.5 Å². The highest BCUT2D eigenvalue weighted by Crippen LogP contribution is 2.24. The molecule has 0 radical (unpaired) electrons. The Morgan fingerprint density at radius 2 is 2.11 bits per heavy atom. The fourth-order valence-electron chi connectivity index (χ4n) is 1.97. The second-order valence-corrected chi connectivity index (χ2v) is 6.69. The molecule has 0 aliphatic carbocycles. The number of carbonyl (C=O) groups excluding carboxylic acids is 1. The number of carboxylic acids is 1. The average molecular weight is 304 g/mol. The SMILES string of the molecule is O=C(O)CN1CCc2ccc(S(=O)(=O)Cl)cc2C1=O. The maximum Gasteiger partial charge on any atom is 0.323 e. The number of halogens is 1. The predicted molar refractivity (Wildman–Crippen MR) is 66.7 cm³/mol. The fraction of sp³-hybridized carbons (Fsp3) is 0.273. The molecular weight excluding hydrogens is 294 g/mol. The molecule has 6 nitrogen and oxygen atoms in total. The first-order valence-electron chi connectivity index (χ1n) is 5.37. The van der Waals surface area contributed by atoms with Crippen LogP contribution < -0.4 is 0 Å². The predicted octanol–water partition coefficient (Wildman–Crippen LogP) is 0.697. The number of rotatable bonds is 3. The Hall–Kier alpha value is -1.60. The van der Waals surface area contributed by atoms with Gasteiger partial charge in [0.25, 0.3) is 15.0 Å². The van der Waals surface area contributed by atoms with Crippen LogP contribution in [0.2, 0.25) is 0 Å². The molecule has 0 fully saturated rings. The third kappa shape index (κ3) is 2.87. The van der Waals surface area contributed by atoms with Gasteiger partial charge in [-0.15, -0.1) is 0 Å². The number of hydrogen-bond acceptors (Lipinski definition) is 4. The lowest BCUT2D eigenvalue weighted by molar-refractivity contribution is -0.137. The number of nitrogens with zero attached hydrogens (tertiary/aromatic N) is 1. The van der Waals surface area contributed by atoms with E-state index in [9.17, 15) is 18.0 Å². The van der Waals surface area contributed by atoms with Crippen molar-refractivity contribution < 1.29 is 23.1 Å². The normalized spacial score (nSPS) is 15.2. The van der Waals surface area contributed by atoms with Crippen molar-refractivity contribution in [3.63, 3.8) is 0 Å². The van der Waals surface area contributed by atoms with Gasteiger partial charge in [-0.25, -0.2) is 8.42 Å². The Labute approximate surface area is 114 Å².